The Hall–Kier alpha value is -2.65. The topological polar surface area (TPSA) is 121 Å². The highest BCUT2D eigenvalue weighted by atomic mass is 35.5. The Balaban J connectivity index is 1.25. The summed E-state index contributed by atoms with van der Waals surface area (Å²) >= 11 is 7.42. The van der Waals surface area contributed by atoms with Gasteiger partial charge in [-0.3, -0.25) is 9.59 Å². The second-order valence-corrected chi connectivity index (χ2v) is 14.2. The first-order chi connectivity index (χ1) is 20.2. The minimum Gasteiger partial charge on any atom is -0.350 e. The van der Waals surface area contributed by atoms with Crippen LogP contribution in [0.4, 0.5) is 0 Å². The van der Waals surface area contributed by atoms with E-state index in [1.54, 1.807) is 30.3 Å². The quantitative estimate of drug-likeness (QED) is 0.411. The molecule has 2 amide bonds. The number of amides is 2. The van der Waals surface area contributed by atoms with E-state index in [0.29, 0.717) is 29.6 Å². The highest BCUT2D eigenvalue weighted by molar-refractivity contribution is 7.89. The monoisotopic (exact) mass is 633 g/mol. The third-order valence-electron chi connectivity index (χ3n) is 7.85. The minimum atomic E-state index is -3.99. The summed E-state index contributed by atoms with van der Waals surface area (Å²) < 4.78 is 34.4. The summed E-state index contributed by atoms with van der Waals surface area (Å²) in [6.45, 7) is 1.90. The van der Waals surface area contributed by atoms with E-state index < -0.39 is 34.2 Å². The van der Waals surface area contributed by atoms with Gasteiger partial charge in [0.15, 0.2) is 11.3 Å². The molecule has 3 aromatic rings. The number of hydrogen-bond donors (Lipinski definition) is 1. The van der Waals surface area contributed by atoms with E-state index >= 15 is 0 Å². The molecule has 0 radical (unpaired) electrons. The number of nitrogens with one attached hydrogen (secondary N) is 1. The predicted molar refractivity (Wildman–Crippen MR) is 158 cm³/mol. The largest absolute Gasteiger partial charge is 0.350 e. The molecule has 2 unspecified atom stereocenters. The Morgan fingerprint density at radius 1 is 1.12 bits per heavy atom. The first kappa shape index (κ1) is 29.4. The van der Waals surface area contributed by atoms with Gasteiger partial charge in [0.2, 0.25) is 10.0 Å². The molecular formula is C28H32ClN5O6S2. The van der Waals surface area contributed by atoms with Gasteiger partial charge in [-0.25, -0.2) is 23.7 Å². The molecule has 224 valence electrons. The maximum absolute atomic E-state index is 13.8. The molecular weight excluding hydrogens is 602 g/mol. The van der Waals surface area contributed by atoms with Crippen molar-refractivity contribution in [3.63, 3.8) is 0 Å². The van der Waals surface area contributed by atoms with E-state index in [4.69, 9.17) is 21.2 Å². The van der Waals surface area contributed by atoms with Crippen molar-refractivity contribution >= 4 is 55.5 Å². The zero-order valence-electron chi connectivity index (χ0n) is 23.1. The minimum absolute atomic E-state index is 0.0173. The van der Waals surface area contributed by atoms with Crippen molar-refractivity contribution in [1.29, 1.82) is 0 Å². The fraction of sp³-hybridized carbons (Fsp3) is 0.464. The SMILES string of the molecule is CN1CCc2nc(C(=O)N3CCN(S(=O)(=O)c4ccc5cc(Cl)ccc5c4)CC3C(=O)NOC3CCCCO3)sc2C1. The third-order valence-corrected chi connectivity index (χ3v) is 11.0. The zero-order chi connectivity index (χ0) is 29.4. The highest BCUT2D eigenvalue weighted by Gasteiger charge is 2.41. The molecule has 0 spiro atoms. The molecule has 1 aromatic heterocycles. The van der Waals surface area contributed by atoms with Crippen molar-refractivity contribution in [2.75, 3.05) is 39.8 Å². The third kappa shape index (κ3) is 6.05. The van der Waals surface area contributed by atoms with Crippen LogP contribution < -0.4 is 5.48 Å². The van der Waals surface area contributed by atoms with Crippen molar-refractivity contribution in [3.8, 4) is 0 Å². The maximum Gasteiger partial charge on any atom is 0.283 e. The van der Waals surface area contributed by atoms with Crippen LogP contribution in [0, 0.1) is 0 Å². The summed E-state index contributed by atoms with van der Waals surface area (Å²) in [6, 6.07) is 8.93. The number of halogens is 1. The van der Waals surface area contributed by atoms with Crippen molar-refractivity contribution in [1.82, 2.24) is 24.6 Å². The lowest BCUT2D eigenvalue weighted by Gasteiger charge is -2.39. The molecule has 1 N–H and O–H groups in total. The average Bonchev–Trinajstić information content (AvgIpc) is 3.42. The van der Waals surface area contributed by atoms with Crippen LogP contribution in [0.2, 0.25) is 5.02 Å². The zero-order valence-corrected chi connectivity index (χ0v) is 25.5. The van der Waals surface area contributed by atoms with Gasteiger partial charge < -0.3 is 14.5 Å². The Bertz CT molecular complexity index is 1610. The summed E-state index contributed by atoms with van der Waals surface area (Å²) in [5, 5.41) is 2.40. The smallest absolute Gasteiger partial charge is 0.283 e. The number of nitrogens with zero attached hydrogens (tertiary/aromatic N) is 4. The summed E-state index contributed by atoms with van der Waals surface area (Å²) in [6.07, 6.45) is 2.60. The summed E-state index contributed by atoms with van der Waals surface area (Å²) in [5.41, 5.74) is 3.34. The van der Waals surface area contributed by atoms with Crippen LogP contribution in [0.25, 0.3) is 10.8 Å². The van der Waals surface area contributed by atoms with Crippen LogP contribution in [0.5, 0.6) is 0 Å². The number of piperazine rings is 1. The lowest BCUT2D eigenvalue weighted by molar-refractivity contribution is -0.202. The number of carbonyl (C=O) groups is 2. The number of rotatable bonds is 6. The summed E-state index contributed by atoms with van der Waals surface area (Å²) in [7, 11) is -1.97. The second kappa shape index (κ2) is 12.2. The Morgan fingerprint density at radius 2 is 1.93 bits per heavy atom. The molecule has 0 saturated carbocycles. The first-order valence-electron chi connectivity index (χ1n) is 13.9. The number of hydrogen-bond acceptors (Lipinski definition) is 9. The lowest BCUT2D eigenvalue weighted by atomic mass is 10.1. The van der Waals surface area contributed by atoms with E-state index in [0.717, 1.165) is 47.2 Å². The van der Waals surface area contributed by atoms with Crippen LogP contribution in [0.15, 0.2) is 41.3 Å². The predicted octanol–water partition coefficient (Wildman–Crippen LogP) is 3.03. The van der Waals surface area contributed by atoms with E-state index in [2.05, 4.69) is 15.4 Å². The molecule has 42 heavy (non-hydrogen) atoms. The van der Waals surface area contributed by atoms with Crippen LogP contribution in [-0.2, 0) is 37.4 Å². The lowest BCUT2D eigenvalue weighted by Crippen LogP contribution is -2.61. The van der Waals surface area contributed by atoms with Gasteiger partial charge in [0.25, 0.3) is 11.8 Å². The number of fused-ring (bicyclic) bond motifs is 2. The van der Waals surface area contributed by atoms with E-state index in [-0.39, 0.29) is 24.5 Å². The Kier molecular flexibility index (Phi) is 8.51. The van der Waals surface area contributed by atoms with Gasteiger partial charge in [-0.2, -0.15) is 4.31 Å². The number of hydroxylamine groups is 1. The van der Waals surface area contributed by atoms with Crippen LogP contribution >= 0.6 is 22.9 Å². The molecule has 6 rings (SSSR count). The standard InChI is InChI=1S/C28H32ClN5O6S2/c1-32-10-9-22-24(17-32)41-27(30-22)28(36)34-12-11-33(16-23(34)26(35)31-40-25-4-2-3-13-39-25)42(37,38)21-8-6-18-14-20(29)7-5-19(18)15-21/h5-8,14-15,23,25H,2-4,9-13,16-17H2,1H3,(H,31,35). The number of benzene rings is 2. The van der Waals surface area contributed by atoms with Gasteiger partial charge in [0.1, 0.15) is 6.04 Å². The van der Waals surface area contributed by atoms with Gasteiger partial charge in [0, 0.05) is 62.1 Å². The van der Waals surface area contributed by atoms with Crippen molar-refractivity contribution in [2.24, 2.45) is 0 Å². The van der Waals surface area contributed by atoms with E-state index in [1.165, 1.54) is 26.6 Å². The van der Waals surface area contributed by atoms with Gasteiger partial charge in [-0.15, -0.1) is 11.3 Å². The maximum atomic E-state index is 13.8. The van der Waals surface area contributed by atoms with Gasteiger partial charge in [-0.05, 0) is 54.9 Å². The van der Waals surface area contributed by atoms with Gasteiger partial charge in [0.05, 0.1) is 10.6 Å². The number of carbonyl (C=O) groups excluding carboxylic acids is 2. The Morgan fingerprint density at radius 3 is 2.74 bits per heavy atom. The van der Waals surface area contributed by atoms with Crippen molar-refractivity contribution in [3.05, 3.63) is 57.0 Å². The fourth-order valence-electron chi connectivity index (χ4n) is 5.48. The number of ether oxygens (including phenoxy) is 1. The normalized spacial score (nSPS) is 22.2. The summed E-state index contributed by atoms with van der Waals surface area (Å²) in [5.74, 6) is -1.02. The molecule has 2 aromatic carbocycles. The van der Waals surface area contributed by atoms with Crippen LogP contribution in [0.1, 0.15) is 39.6 Å². The number of aromatic nitrogens is 1. The second-order valence-electron chi connectivity index (χ2n) is 10.8. The molecule has 2 atom stereocenters. The van der Waals surface area contributed by atoms with Crippen LogP contribution in [0.3, 0.4) is 0 Å². The molecule has 2 saturated heterocycles. The Labute approximate surface area is 253 Å². The van der Waals surface area contributed by atoms with Gasteiger partial charge in [-0.1, -0.05) is 23.7 Å². The van der Waals surface area contributed by atoms with E-state index in [1.807, 2.05) is 7.05 Å². The highest BCUT2D eigenvalue weighted by Crippen LogP contribution is 2.29. The van der Waals surface area contributed by atoms with Crippen molar-refractivity contribution < 1.29 is 27.6 Å². The van der Waals surface area contributed by atoms with Crippen LogP contribution in [-0.4, -0.2) is 91.5 Å². The molecule has 3 aliphatic rings. The molecule has 11 nitrogen and oxygen atoms in total. The number of thiazole rings is 1. The molecule has 0 aliphatic carbocycles. The fourth-order valence-corrected chi connectivity index (χ4v) is 8.28. The molecule has 2 fully saturated rings. The molecule has 0 bridgehead atoms. The van der Waals surface area contributed by atoms with E-state index in [9.17, 15) is 18.0 Å². The number of sulfonamides is 1. The molecule has 3 aliphatic heterocycles. The number of likely N-dealkylation sites (N-methyl/N-ethyl adjacent to an activating group) is 1. The summed E-state index contributed by atoms with van der Waals surface area (Å²) in [4.78, 5) is 42.1. The van der Waals surface area contributed by atoms with Crippen molar-refractivity contribution in [2.45, 2.75) is 49.5 Å². The van der Waals surface area contributed by atoms with Gasteiger partial charge >= 0.3 is 0 Å². The molecule has 4 heterocycles. The average molecular weight is 634 g/mol. The molecule has 14 heteroatoms. The first-order valence-corrected chi connectivity index (χ1v) is 16.6.